The number of nitrogens with zero attached hydrogens (tertiary/aromatic N) is 5. The van der Waals surface area contributed by atoms with Gasteiger partial charge in [0.1, 0.15) is 18.0 Å². The van der Waals surface area contributed by atoms with Crippen molar-refractivity contribution in [1.29, 1.82) is 0 Å². The van der Waals surface area contributed by atoms with Crippen molar-refractivity contribution in [1.82, 2.24) is 25.7 Å². The summed E-state index contributed by atoms with van der Waals surface area (Å²) in [6.07, 6.45) is 6.45. The lowest BCUT2D eigenvalue weighted by molar-refractivity contribution is 0.0946. The molecule has 5 rings (SSSR count). The van der Waals surface area contributed by atoms with Crippen molar-refractivity contribution < 1.29 is 9.57 Å². The molecule has 3 aliphatic heterocycles. The number of hydrazine groups is 1. The third kappa shape index (κ3) is 5.92. The van der Waals surface area contributed by atoms with E-state index in [0.29, 0.717) is 36.2 Å². The number of rotatable bonds is 8. The average Bonchev–Trinajstić information content (AvgIpc) is 3.34. The van der Waals surface area contributed by atoms with Crippen molar-refractivity contribution in [2.75, 3.05) is 32.0 Å². The van der Waals surface area contributed by atoms with Gasteiger partial charge < -0.3 is 25.2 Å². The fraction of sp³-hybridized carbons (Fsp3) is 0.739. The summed E-state index contributed by atoms with van der Waals surface area (Å²) in [7, 11) is 2.15. The van der Waals surface area contributed by atoms with Crippen LogP contribution in [-0.4, -0.2) is 71.3 Å². The van der Waals surface area contributed by atoms with E-state index in [4.69, 9.17) is 14.6 Å². The lowest BCUT2D eigenvalue weighted by Crippen LogP contribution is -2.35. The molecule has 1 aliphatic carbocycles. The third-order valence-corrected chi connectivity index (χ3v) is 6.81. The minimum Gasteiger partial charge on any atom is -0.474 e. The largest absolute Gasteiger partial charge is 0.474 e. The molecule has 0 radical (unpaired) electrons. The molecule has 0 spiro atoms. The molecule has 4 aliphatic rings. The highest BCUT2D eigenvalue weighted by Crippen LogP contribution is 2.35. The highest BCUT2D eigenvalue weighted by molar-refractivity contribution is 5.87. The number of anilines is 1. The number of aromatic nitrogens is 2. The van der Waals surface area contributed by atoms with Crippen molar-refractivity contribution in [3.63, 3.8) is 0 Å². The number of amidine groups is 1. The van der Waals surface area contributed by atoms with E-state index >= 15 is 0 Å². The van der Waals surface area contributed by atoms with Gasteiger partial charge >= 0.3 is 0 Å². The molecule has 2 unspecified atom stereocenters. The Bertz CT molecular complexity index is 892. The van der Waals surface area contributed by atoms with Crippen LogP contribution in [0.4, 0.5) is 11.8 Å². The Kier molecular flexibility index (Phi) is 6.64. The Labute approximate surface area is 195 Å². The molecule has 0 aromatic carbocycles. The first-order valence-electron chi connectivity index (χ1n) is 12.3. The summed E-state index contributed by atoms with van der Waals surface area (Å²) < 4.78 is 6.26. The first kappa shape index (κ1) is 22.3. The fourth-order valence-electron chi connectivity index (χ4n) is 4.47. The van der Waals surface area contributed by atoms with E-state index in [1.165, 1.54) is 12.8 Å². The summed E-state index contributed by atoms with van der Waals surface area (Å²) in [4.78, 5) is 22.0. The predicted molar refractivity (Wildman–Crippen MR) is 128 cm³/mol. The van der Waals surface area contributed by atoms with Crippen LogP contribution in [0.5, 0.6) is 5.88 Å². The first-order valence-corrected chi connectivity index (χ1v) is 12.3. The van der Waals surface area contributed by atoms with Crippen LogP contribution in [0.1, 0.15) is 52.4 Å². The van der Waals surface area contributed by atoms with E-state index in [2.05, 4.69) is 57.1 Å². The number of hydrogen-bond acceptors (Lipinski definition) is 9. The monoisotopic (exact) mass is 456 g/mol. The number of ether oxygens (including phenoxy) is 1. The average molecular weight is 457 g/mol. The summed E-state index contributed by atoms with van der Waals surface area (Å²) >= 11 is 0. The molecular weight excluding hydrogens is 420 g/mol. The Morgan fingerprint density at radius 3 is 2.76 bits per heavy atom. The van der Waals surface area contributed by atoms with Gasteiger partial charge in [-0.2, -0.15) is 9.97 Å². The van der Waals surface area contributed by atoms with Crippen molar-refractivity contribution in [3.05, 3.63) is 6.07 Å². The summed E-state index contributed by atoms with van der Waals surface area (Å²) in [6, 6.07) is 2.31. The first-order chi connectivity index (χ1) is 16.0. The smallest absolute Gasteiger partial charge is 0.228 e. The highest BCUT2D eigenvalue weighted by Gasteiger charge is 2.35. The Hall–Kier alpha value is -2.46. The van der Waals surface area contributed by atoms with Gasteiger partial charge in [0.2, 0.25) is 11.8 Å². The number of nitrogens with one attached hydrogen (secondary N) is 3. The Balaban J connectivity index is 1.27. The standard InChI is InChI=1S/C23H36N8O2/c1-14(2)18-10-17(33-30-18)13-24-23-26-20(25-21-11-19(28-29-21)15-4-5-15)12-22(27-23)32-16-6-8-31(3)9-7-16/h12,14-17,19,28H,4-11,13H2,1-3H3,(H2,24,25,26,27,29). The van der Waals surface area contributed by atoms with Crippen LogP contribution in [0.2, 0.25) is 0 Å². The minimum absolute atomic E-state index is 0.0146. The van der Waals surface area contributed by atoms with Gasteiger partial charge in [-0.05, 0) is 44.6 Å². The topological polar surface area (TPSA) is 108 Å². The predicted octanol–water partition coefficient (Wildman–Crippen LogP) is 2.47. The molecular formula is C23H36N8O2. The van der Waals surface area contributed by atoms with E-state index in [-0.39, 0.29) is 12.2 Å². The molecule has 0 amide bonds. The highest BCUT2D eigenvalue weighted by atomic mass is 16.6. The summed E-state index contributed by atoms with van der Waals surface area (Å²) in [5.41, 5.74) is 7.69. The van der Waals surface area contributed by atoms with Crippen LogP contribution >= 0.6 is 0 Å². The van der Waals surface area contributed by atoms with Crippen LogP contribution in [0.15, 0.2) is 16.2 Å². The molecule has 1 aromatic heterocycles. The van der Waals surface area contributed by atoms with Crippen LogP contribution in [0.3, 0.4) is 0 Å². The summed E-state index contributed by atoms with van der Waals surface area (Å²) in [5, 5.41) is 7.53. The Morgan fingerprint density at radius 2 is 2.03 bits per heavy atom. The maximum atomic E-state index is 6.26. The number of piperidine rings is 1. The van der Waals surface area contributed by atoms with Crippen LogP contribution < -0.4 is 20.9 Å². The third-order valence-electron chi connectivity index (χ3n) is 6.81. The second kappa shape index (κ2) is 9.80. The van der Waals surface area contributed by atoms with E-state index in [1.54, 1.807) is 0 Å². The zero-order valence-corrected chi connectivity index (χ0v) is 19.9. The quantitative estimate of drug-likeness (QED) is 0.548. The zero-order chi connectivity index (χ0) is 22.8. The molecule has 1 saturated carbocycles. The van der Waals surface area contributed by atoms with E-state index in [0.717, 1.165) is 56.2 Å². The van der Waals surface area contributed by atoms with Gasteiger partial charge in [0.25, 0.3) is 0 Å². The van der Waals surface area contributed by atoms with Crippen LogP contribution in [-0.2, 0) is 4.84 Å². The van der Waals surface area contributed by atoms with Crippen LogP contribution in [0, 0.1) is 11.8 Å². The molecule has 180 valence electrons. The molecule has 3 fully saturated rings. The van der Waals surface area contributed by atoms with Gasteiger partial charge in [-0.15, -0.1) is 0 Å². The molecule has 10 nitrogen and oxygen atoms in total. The van der Waals surface area contributed by atoms with Gasteiger partial charge in [0, 0.05) is 38.0 Å². The molecule has 4 heterocycles. The molecule has 33 heavy (non-hydrogen) atoms. The lowest BCUT2D eigenvalue weighted by Gasteiger charge is -2.29. The fourth-order valence-corrected chi connectivity index (χ4v) is 4.47. The van der Waals surface area contributed by atoms with Gasteiger partial charge in [-0.3, -0.25) is 0 Å². The lowest BCUT2D eigenvalue weighted by atomic mass is 10.0. The maximum absolute atomic E-state index is 6.26. The van der Waals surface area contributed by atoms with Crippen molar-refractivity contribution >= 4 is 23.3 Å². The normalized spacial score (nSPS) is 27.5. The van der Waals surface area contributed by atoms with Gasteiger partial charge in [-0.1, -0.05) is 19.0 Å². The molecule has 3 N–H and O–H groups in total. The molecule has 2 saturated heterocycles. The van der Waals surface area contributed by atoms with Gasteiger partial charge in [0.15, 0.2) is 5.82 Å². The zero-order valence-electron chi connectivity index (χ0n) is 19.9. The molecule has 0 bridgehead atoms. The Morgan fingerprint density at radius 1 is 1.21 bits per heavy atom. The number of hydrogen-bond donors (Lipinski definition) is 3. The molecule has 1 aromatic rings. The van der Waals surface area contributed by atoms with E-state index in [1.807, 2.05) is 6.07 Å². The summed E-state index contributed by atoms with van der Waals surface area (Å²) in [5.74, 6) is 3.75. The number of aliphatic imine (C=N–C) groups is 1. The van der Waals surface area contributed by atoms with Crippen molar-refractivity contribution in [2.24, 2.45) is 22.0 Å². The second-order valence-corrected chi connectivity index (χ2v) is 10.0. The maximum Gasteiger partial charge on any atom is 0.228 e. The molecule has 10 heteroatoms. The number of oxime groups is 1. The van der Waals surface area contributed by atoms with Crippen molar-refractivity contribution in [3.8, 4) is 5.88 Å². The van der Waals surface area contributed by atoms with E-state index in [9.17, 15) is 0 Å². The van der Waals surface area contributed by atoms with E-state index < -0.39 is 0 Å². The van der Waals surface area contributed by atoms with Crippen molar-refractivity contribution in [2.45, 2.75) is 70.6 Å². The minimum atomic E-state index is -0.0146. The van der Waals surface area contributed by atoms with Crippen LogP contribution in [0.25, 0.3) is 0 Å². The summed E-state index contributed by atoms with van der Waals surface area (Å²) in [6.45, 7) is 6.92. The van der Waals surface area contributed by atoms with Gasteiger partial charge in [0.05, 0.1) is 12.3 Å². The second-order valence-electron chi connectivity index (χ2n) is 10.0. The SMILES string of the molecule is CC(C)C1=NOC(CNc2nc(/N=C3\CC(C4CC4)NN3)cc(OC3CCN(C)CC3)n2)C1. The molecule has 2 atom stereocenters. The van der Waals surface area contributed by atoms with Gasteiger partial charge in [-0.25, -0.2) is 10.4 Å². The number of likely N-dealkylation sites (tertiary alicyclic amines) is 1.